The van der Waals surface area contributed by atoms with Crippen molar-refractivity contribution in [1.29, 1.82) is 0 Å². The van der Waals surface area contributed by atoms with E-state index in [1.54, 1.807) is 20.4 Å². The van der Waals surface area contributed by atoms with Crippen molar-refractivity contribution in [2.45, 2.75) is 52.0 Å². The Hall–Kier alpha value is -1.56. The molecule has 0 spiro atoms. The molecule has 0 saturated carbocycles. The molecular weight excluding hydrogens is 280 g/mol. The van der Waals surface area contributed by atoms with Gasteiger partial charge in [0.25, 0.3) is 0 Å². The molecule has 6 heteroatoms. The van der Waals surface area contributed by atoms with Crippen molar-refractivity contribution >= 4 is 5.96 Å². The van der Waals surface area contributed by atoms with Crippen LogP contribution in [0.15, 0.2) is 15.6 Å². The van der Waals surface area contributed by atoms with Crippen molar-refractivity contribution in [3.05, 3.63) is 17.8 Å². The van der Waals surface area contributed by atoms with E-state index in [1.807, 2.05) is 0 Å². The highest BCUT2D eigenvalue weighted by Gasteiger charge is 2.19. The van der Waals surface area contributed by atoms with Crippen LogP contribution >= 0.6 is 0 Å². The summed E-state index contributed by atoms with van der Waals surface area (Å²) in [6, 6.07) is 0. The van der Waals surface area contributed by atoms with Gasteiger partial charge in [0.1, 0.15) is 5.76 Å². The molecule has 0 radical (unpaired) electrons. The molecule has 1 heterocycles. The van der Waals surface area contributed by atoms with Crippen LogP contribution in [0.1, 0.15) is 51.7 Å². The van der Waals surface area contributed by atoms with Crippen molar-refractivity contribution in [3.63, 3.8) is 0 Å². The van der Waals surface area contributed by atoms with Crippen LogP contribution in [0.25, 0.3) is 0 Å². The highest BCUT2D eigenvalue weighted by Crippen LogP contribution is 2.22. The molecule has 0 aliphatic rings. The first-order valence-corrected chi connectivity index (χ1v) is 7.86. The normalized spacial score (nSPS) is 12.5. The van der Waals surface area contributed by atoms with Crippen molar-refractivity contribution < 1.29 is 9.15 Å². The number of oxazole rings is 1. The molecule has 0 atom stereocenters. The van der Waals surface area contributed by atoms with Gasteiger partial charge >= 0.3 is 0 Å². The number of hydrogen-bond donors (Lipinski definition) is 2. The molecule has 0 saturated heterocycles. The first-order chi connectivity index (χ1) is 10.5. The van der Waals surface area contributed by atoms with Crippen molar-refractivity contribution in [2.24, 2.45) is 4.99 Å². The molecule has 6 nitrogen and oxygen atoms in total. The molecule has 0 amide bonds. The maximum atomic E-state index is 5.74. The van der Waals surface area contributed by atoms with Crippen LogP contribution in [0.3, 0.4) is 0 Å². The van der Waals surface area contributed by atoms with E-state index < -0.39 is 0 Å². The van der Waals surface area contributed by atoms with E-state index in [9.17, 15) is 0 Å². The summed E-state index contributed by atoms with van der Waals surface area (Å²) in [5.41, 5.74) is -0.0205. The number of aliphatic imine (C=N–C) groups is 1. The molecule has 1 aromatic heterocycles. The second-order valence-electron chi connectivity index (χ2n) is 6.27. The minimum atomic E-state index is -0.0205. The largest absolute Gasteiger partial charge is 0.443 e. The topological polar surface area (TPSA) is 71.7 Å². The maximum absolute atomic E-state index is 5.74. The summed E-state index contributed by atoms with van der Waals surface area (Å²) < 4.78 is 10.8. The highest BCUT2D eigenvalue weighted by molar-refractivity contribution is 5.79. The van der Waals surface area contributed by atoms with E-state index in [2.05, 4.69) is 41.4 Å². The SMILES string of the molecule is CN=C(NCCCCCOC)NCc1ncc(C(C)(C)C)o1. The van der Waals surface area contributed by atoms with Crippen LogP contribution in [0.5, 0.6) is 0 Å². The second-order valence-corrected chi connectivity index (χ2v) is 6.27. The van der Waals surface area contributed by atoms with Crippen LogP contribution in [0.2, 0.25) is 0 Å². The zero-order valence-corrected chi connectivity index (χ0v) is 14.5. The summed E-state index contributed by atoms with van der Waals surface area (Å²) in [7, 11) is 3.49. The van der Waals surface area contributed by atoms with Gasteiger partial charge < -0.3 is 19.8 Å². The number of aromatic nitrogens is 1. The minimum Gasteiger partial charge on any atom is -0.443 e. The van der Waals surface area contributed by atoms with Gasteiger partial charge in [-0.2, -0.15) is 0 Å². The fraction of sp³-hybridized carbons (Fsp3) is 0.750. The molecule has 1 rings (SSSR count). The first kappa shape index (κ1) is 18.5. The van der Waals surface area contributed by atoms with Gasteiger partial charge in [0.05, 0.1) is 12.7 Å². The molecular formula is C16H30N4O2. The van der Waals surface area contributed by atoms with E-state index in [4.69, 9.17) is 9.15 Å². The number of guanidine groups is 1. The fourth-order valence-electron chi connectivity index (χ4n) is 1.87. The monoisotopic (exact) mass is 310 g/mol. The van der Waals surface area contributed by atoms with Crippen molar-refractivity contribution in [2.75, 3.05) is 27.3 Å². The van der Waals surface area contributed by atoms with E-state index >= 15 is 0 Å². The van der Waals surface area contributed by atoms with Gasteiger partial charge in [-0.3, -0.25) is 4.99 Å². The van der Waals surface area contributed by atoms with Gasteiger partial charge in [0.2, 0.25) is 5.89 Å². The zero-order valence-electron chi connectivity index (χ0n) is 14.5. The number of rotatable bonds is 8. The van der Waals surface area contributed by atoms with Crippen LogP contribution in [0, 0.1) is 0 Å². The molecule has 126 valence electrons. The summed E-state index contributed by atoms with van der Waals surface area (Å²) in [4.78, 5) is 8.49. The quantitative estimate of drug-likeness (QED) is 0.438. The zero-order chi connectivity index (χ0) is 16.4. The third-order valence-electron chi connectivity index (χ3n) is 3.24. The Balaban J connectivity index is 2.28. The summed E-state index contributed by atoms with van der Waals surface area (Å²) >= 11 is 0. The van der Waals surface area contributed by atoms with E-state index in [0.29, 0.717) is 12.4 Å². The van der Waals surface area contributed by atoms with E-state index in [1.165, 1.54) is 0 Å². The van der Waals surface area contributed by atoms with E-state index in [0.717, 1.165) is 44.1 Å². The van der Waals surface area contributed by atoms with Gasteiger partial charge in [-0.15, -0.1) is 0 Å². The summed E-state index contributed by atoms with van der Waals surface area (Å²) in [5.74, 6) is 2.33. The number of ether oxygens (including phenoxy) is 1. The first-order valence-electron chi connectivity index (χ1n) is 7.86. The predicted molar refractivity (Wildman–Crippen MR) is 89.1 cm³/mol. The maximum Gasteiger partial charge on any atom is 0.213 e. The molecule has 0 bridgehead atoms. The van der Waals surface area contributed by atoms with E-state index in [-0.39, 0.29) is 5.41 Å². The number of unbranched alkanes of at least 4 members (excludes halogenated alkanes) is 2. The standard InChI is InChI=1S/C16H30N4O2/c1-16(2,3)13-11-19-14(22-13)12-20-15(17-4)18-9-7-6-8-10-21-5/h11H,6-10,12H2,1-5H3,(H2,17,18,20). The molecule has 0 fully saturated rings. The molecule has 2 N–H and O–H groups in total. The number of hydrogen-bond acceptors (Lipinski definition) is 4. The Morgan fingerprint density at radius 3 is 2.64 bits per heavy atom. The Morgan fingerprint density at radius 2 is 2.05 bits per heavy atom. The molecule has 0 unspecified atom stereocenters. The Labute approximate surface area is 133 Å². The van der Waals surface area contributed by atoms with Gasteiger partial charge in [-0.25, -0.2) is 4.98 Å². The lowest BCUT2D eigenvalue weighted by Crippen LogP contribution is -2.37. The van der Waals surface area contributed by atoms with Crippen LogP contribution in [-0.4, -0.2) is 38.3 Å². The van der Waals surface area contributed by atoms with Gasteiger partial charge in [0.15, 0.2) is 5.96 Å². The van der Waals surface area contributed by atoms with Gasteiger partial charge in [0, 0.05) is 32.7 Å². The van der Waals surface area contributed by atoms with Gasteiger partial charge in [-0.05, 0) is 19.3 Å². The Morgan fingerprint density at radius 1 is 1.27 bits per heavy atom. The smallest absolute Gasteiger partial charge is 0.213 e. The highest BCUT2D eigenvalue weighted by atomic mass is 16.5. The fourth-order valence-corrected chi connectivity index (χ4v) is 1.87. The molecule has 0 aromatic carbocycles. The lowest BCUT2D eigenvalue weighted by molar-refractivity contribution is 0.192. The number of nitrogens with one attached hydrogen (secondary N) is 2. The lowest BCUT2D eigenvalue weighted by Gasteiger charge is -2.13. The third kappa shape index (κ3) is 6.93. The summed E-state index contributed by atoms with van der Waals surface area (Å²) in [6.07, 6.45) is 5.13. The molecule has 0 aliphatic carbocycles. The average Bonchev–Trinajstić information content (AvgIpc) is 2.95. The van der Waals surface area contributed by atoms with Crippen LogP contribution in [0.4, 0.5) is 0 Å². The molecule has 22 heavy (non-hydrogen) atoms. The molecule has 1 aromatic rings. The Kier molecular flexibility index (Phi) is 7.95. The minimum absolute atomic E-state index is 0.0205. The second kappa shape index (κ2) is 9.46. The number of nitrogens with zero attached hydrogens (tertiary/aromatic N) is 2. The molecule has 0 aliphatic heterocycles. The lowest BCUT2D eigenvalue weighted by atomic mass is 9.94. The average molecular weight is 310 g/mol. The Bertz CT molecular complexity index is 449. The van der Waals surface area contributed by atoms with Crippen molar-refractivity contribution in [1.82, 2.24) is 15.6 Å². The van der Waals surface area contributed by atoms with Crippen LogP contribution in [-0.2, 0) is 16.7 Å². The van der Waals surface area contributed by atoms with Crippen molar-refractivity contribution in [3.8, 4) is 0 Å². The van der Waals surface area contributed by atoms with Gasteiger partial charge in [-0.1, -0.05) is 20.8 Å². The summed E-state index contributed by atoms with van der Waals surface area (Å²) in [5, 5.41) is 6.49. The van der Waals surface area contributed by atoms with Crippen LogP contribution < -0.4 is 10.6 Å². The number of methoxy groups -OCH3 is 1. The summed E-state index contributed by atoms with van der Waals surface area (Å²) in [6.45, 7) is 8.56. The third-order valence-corrected chi connectivity index (χ3v) is 3.24. The predicted octanol–water partition coefficient (Wildman–Crippen LogP) is 2.45.